The molecule has 0 fully saturated rings. The van der Waals surface area contributed by atoms with Crippen LogP contribution in [0.3, 0.4) is 0 Å². The second kappa shape index (κ2) is 9.85. The Morgan fingerprint density at radius 2 is 2.11 bits per heavy atom. The highest BCUT2D eigenvalue weighted by Crippen LogP contribution is 2.24. The Hall–Kier alpha value is -1.93. The van der Waals surface area contributed by atoms with E-state index in [0.29, 0.717) is 35.8 Å². The van der Waals surface area contributed by atoms with Gasteiger partial charge in [0.15, 0.2) is 0 Å². The second-order valence-corrected chi connectivity index (χ2v) is 7.00. The number of nitrogens with one attached hydrogen (secondary N) is 1. The summed E-state index contributed by atoms with van der Waals surface area (Å²) < 4.78 is 13.7. The molecule has 0 radical (unpaired) electrons. The average molecular weight is 396 g/mol. The molecule has 1 aliphatic rings. The first kappa shape index (κ1) is 21.4. The quantitative estimate of drug-likeness (QED) is 0.463. The van der Waals surface area contributed by atoms with E-state index < -0.39 is 0 Å². The van der Waals surface area contributed by atoms with Gasteiger partial charge in [-0.25, -0.2) is 10.2 Å². The number of carbonyl (C=O) groups excluding carboxylic acids is 1. The van der Waals surface area contributed by atoms with Crippen molar-refractivity contribution in [2.24, 2.45) is 11.6 Å². The van der Waals surface area contributed by atoms with E-state index in [-0.39, 0.29) is 17.8 Å². The fourth-order valence-corrected chi connectivity index (χ4v) is 3.17. The van der Waals surface area contributed by atoms with E-state index in [0.717, 1.165) is 18.4 Å². The van der Waals surface area contributed by atoms with E-state index in [1.54, 1.807) is 19.4 Å². The van der Waals surface area contributed by atoms with Gasteiger partial charge < -0.3 is 16.0 Å². The molecule has 2 rings (SSSR count). The van der Waals surface area contributed by atoms with Crippen LogP contribution in [-0.4, -0.2) is 42.0 Å². The molecule has 1 aliphatic heterocycles. The zero-order valence-electron chi connectivity index (χ0n) is 15.7. The Balaban J connectivity index is 2.39. The molecule has 1 atom stereocenters. The number of likely N-dealkylation sites (N-methyl/N-ethyl adjacent to an activating group) is 1. The van der Waals surface area contributed by atoms with Gasteiger partial charge in [0.2, 0.25) is 0 Å². The average Bonchev–Trinajstić information content (AvgIpc) is 2.64. The molecule has 148 valence electrons. The molecule has 1 unspecified atom stereocenters. The minimum atomic E-state index is -0.380. The highest BCUT2D eigenvalue weighted by atomic mass is 35.5. The van der Waals surface area contributed by atoms with Crippen molar-refractivity contribution >= 4 is 17.5 Å². The van der Waals surface area contributed by atoms with Crippen LogP contribution in [0.2, 0.25) is 5.02 Å². The largest absolute Gasteiger partial charge is 0.329 e. The predicted octanol–water partition coefficient (Wildman–Crippen LogP) is 2.11. The maximum atomic E-state index is 13.7. The summed E-state index contributed by atoms with van der Waals surface area (Å²) in [5.41, 5.74) is 7.49. The summed E-state index contributed by atoms with van der Waals surface area (Å²) in [5, 5.41) is 5.12. The van der Waals surface area contributed by atoms with Crippen LogP contribution in [0.4, 0.5) is 4.39 Å². The third kappa shape index (κ3) is 5.52. The Morgan fingerprint density at radius 1 is 1.37 bits per heavy atom. The van der Waals surface area contributed by atoms with Crippen molar-refractivity contribution in [2.75, 3.05) is 20.1 Å². The van der Waals surface area contributed by atoms with Crippen LogP contribution in [0.15, 0.2) is 41.9 Å². The summed E-state index contributed by atoms with van der Waals surface area (Å²) >= 11 is 6.24. The molecule has 5 N–H and O–H groups in total. The van der Waals surface area contributed by atoms with Gasteiger partial charge in [0.1, 0.15) is 11.5 Å². The van der Waals surface area contributed by atoms with Crippen molar-refractivity contribution in [3.8, 4) is 0 Å². The maximum Gasteiger partial charge on any atom is 0.275 e. The Morgan fingerprint density at radius 3 is 2.78 bits per heavy atom. The molecule has 0 aromatic heterocycles. The number of hydrazine groups is 1. The van der Waals surface area contributed by atoms with Crippen LogP contribution >= 0.6 is 11.6 Å². The number of amides is 1. The first-order chi connectivity index (χ1) is 12.9. The number of carbonyl (C=O) groups is 1. The molecule has 0 spiro atoms. The van der Waals surface area contributed by atoms with Crippen LogP contribution in [0.1, 0.15) is 25.3 Å². The first-order valence-corrected chi connectivity index (χ1v) is 9.34. The second-order valence-electron chi connectivity index (χ2n) is 6.59. The summed E-state index contributed by atoms with van der Waals surface area (Å²) in [6.45, 7) is 2.96. The fraction of sp³-hybridized carbons (Fsp3) is 0.421. The van der Waals surface area contributed by atoms with E-state index in [1.165, 1.54) is 28.1 Å². The minimum Gasteiger partial charge on any atom is -0.329 e. The molecule has 0 bridgehead atoms. The van der Waals surface area contributed by atoms with Gasteiger partial charge in [-0.3, -0.25) is 9.80 Å². The van der Waals surface area contributed by atoms with E-state index in [1.807, 2.05) is 0 Å². The SMILES string of the molecule is CCCC(CN)NC/C(Cc1cc(F)ccc1Cl)=C1/C(=O)N(C)C=CN1N. The van der Waals surface area contributed by atoms with Gasteiger partial charge in [-0.05, 0) is 42.2 Å². The van der Waals surface area contributed by atoms with Crippen LogP contribution in [0.5, 0.6) is 0 Å². The Kier molecular flexibility index (Phi) is 7.79. The van der Waals surface area contributed by atoms with E-state index in [9.17, 15) is 9.18 Å². The van der Waals surface area contributed by atoms with Crippen molar-refractivity contribution in [3.63, 3.8) is 0 Å². The molecule has 1 aromatic rings. The molecule has 1 amide bonds. The standard InChI is InChI=1S/C19H27ClFN5O/c1-3-4-16(11-22)24-12-14(9-13-10-15(21)5-6-17(13)20)18-19(27)25(2)7-8-26(18)23/h5-8,10,16,24H,3-4,9,11-12,22-23H2,1-2H3/b18-14-. The minimum absolute atomic E-state index is 0.117. The van der Waals surface area contributed by atoms with E-state index >= 15 is 0 Å². The lowest BCUT2D eigenvalue weighted by Crippen LogP contribution is -2.43. The van der Waals surface area contributed by atoms with Crippen molar-refractivity contribution in [3.05, 3.63) is 58.3 Å². The number of benzene rings is 1. The summed E-state index contributed by atoms with van der Waals surface area (Å²) in [4.78, 5) is 14.2. The normalized spacial score (nSPS) is 17.5. The van der Waals surface area contributed by atoms with E-state index in [4.69, 9.17) is 23.2 Å². The van der Waals surface area contributed by atoms with Crippen LogP contribution in [0, 0.1) is 5.82 Å². The zero-order valence-corrected chi connectivity index (χ0v) is 16.5. The molecule has 6 nitrogen and oxygen atoms in total. The maximum absolute atomic E-state index is 13.7. The molecule has 0 saturated heterocycles. The molecule has 1 aromatic carbocycles. The third-order valence-corrected chi connectivity index (χ3v) is 4.87. The van der Waals surface area contributed by atoms with Gasteiger partial charge in [0.05, 0.1) is 0 Å². The lowest BCUT2D eigenvalue weighted by molar-refractivity contribution is -0.125. The lowest BCUT2D eigenvalue weighted by atomic mass is 10.0. The molecular weight excluding hydrogens is 369 g/mol. The summed E-state index contributed by atoms with van der Waals surface area (Å²) in [7, 11) is 1.66. The Bertz CT molecular complexity index is 737. The smallest absolute Gasteiger partial charge is 0.275 e. The monoisotopic (exact) mass is 395 g/mol. The number of nitrogens with zero attached hydrogens (tertiary/aromatic N) is 2. The highest BCUT2D eigenvalue weighted by molar-refractivity contribution is 6.31. The van der Waals surface area contributed by atoms with Gasteiger partial charge in [-0.2, -0.15) is 0 Å². The van der Waals surface area contributed by atoms with Gasteiger partial charge in [-0.1, -0.05) is 24.9 Å². The molecule has 27 heavy (non-hydrogen) atoms. The summed E-state index contributed by atoms with van der Waals surface area (Å²) in [6, 6.07) is 4.31. The zero-order chi connectivity index (χ0) is 20.0. The van der Waals surface area contributed by atoms with Gasteiger partial charge in [-0.15, -0.1) is 0 Å². The van der Waals surface area contributed by atoms with Crippen molar-refractivity contribution in [1.29, 1.82) is 0 Å². The van der Waals surface area contributed by atoms with Crippen LogP contribution in [0.25, 0.3) is 0 Å². The van der Waals surface area contributed by atoms with Gasteiger partial charge >= 0.3 is 0 Å². The molecule has 0 aliphatic carbocycles. The van der Waals surface area contributed by atoms with Crippen molar-refractivity contribution in [2.45, 2.75) is 32.2 Å². The van der Waals surface area contributed by atoms with Gasteiger partial charge in [0, 0.05) is 43.6 Å². The molecule has 8 heteroatoms. The van der Waals surface area contributed by atoms with Crippen LogP contribution in [-0.2, 0) is 11.2 Å². The first-order valence-electron chi connectivity index (χ1n) is 8.96. The molecule has 1 heterocycles. The summed E-state index contributed by atoms with van der Waals surface area (Å²) in [6.07, 6.45) is 5.40. The number of halogens is 2. The van der Waals surface area contributed by atoms with E-state index in [2.05, 4.69) is 12.2 Å². The van der Waals surface area contributed by atoms with Crippen molar-refractivity contribution < 1.29 is 9.18 Å². The molecule has 0 saturated carbocycles. The topological polar surface area (TPSA) is 87.6 Å². The third-order valence-electron chi connectivity index (χ3n) is 4.50. The number of hydrogen-bond donors (Lipinski definition) is 3. The Labute approximate surface area is 164 Å². The van der Waals surface area contributed by atoms with Crippen LogP contribution < -0.4 is 16.9 Å². The summed E-state index contributed by atoms with van der Waals surface area (Å²) in [5.74, 6) is 5.42. The number of rotatable bonds is 8. The predicted molar refractivity (Wildman–Crippen MR) is 106 cm³/mol. The highest BCUT2D eigenvalue weighted by Gasteiger charge is 2.26. The number of nitrogens with two attached hydrogens (primary N) is 2. The molecular formula is C19H27ClFN5O. The fourth-order valence-electron chi connectivity index (χ4n) is 2.98. The van der Waals surface area contributed by atoms with Crippen molar-refractivity contribution in [1.82, 2.24) is 15.2 Å². The number of hydrogen-bond acceptors (Lipinski definition) is 5. The lowest BCUT2D eigenvalue weighted by Gasteiger charge is -2.29. The van der Waals surface area contributed by atoms with Gasteiger partial charge in [0.25, 0.3) is 5.91 Å².